The number of aromatic nitrogens is 2. The molecule has 2 rings (SSSR count). The van der Waals surface area contributed by atoms with Gasteiger partial charge in [-0.15, -0.1) is 5.10 Å². The molecular formula is C17H25N3O. The number of nitrogens with zero attached hydrogens (tertiary/aromatic N) is 3. The Morgan fingerprint density at radius 2 is 1.90 bits per heavy atom. The van der Waals surface area contributed by atoms with Crippen LogP contribution in [0.1, 0.15) is 69.7 Å². The van der Waals surface area contributed by atoms with Crippen molar-refractivity contribution in [2.75, 3.05) is 0 Å². The van der Waals surface area contributed by atoms with Crippen molar-refractivity contribution in [3.8, 4) is 11.9 Å². The average Bonchev–Trinajstić information content (AvgIpc) is 2.54. The second-order valence-electron chi connectivity index (χ2n) is 5.73. The highest BCUT2D eigenvalue weighted by atomic mass is 16.5. The molecule has 1 fully saturated rings. The van der Waals surface area contributed by atoms with Gasteiger partial charge >= 0.3 is 0 Å². The Kier molecular flexibility index (Phi) is 5.55. The molecule has 0 saturated heterocycles. The van der Waals surface area contributed by atoms with E-state index in [0.29, 0.717) is 17.4 Å². The van der Waals surface area contributed by atoms with Gasteiger partial charge in [-0.2, -0.15) is 10.4 Å². The fourth-order valence-corrected chi connectivity index (χ4v) is 3.29. The molecule has 1 saturated carbocycles. The van der Waals surface area contributed by atoms with Crippen molar-refractivity contribution in [1.82, 2.24) is 10.2 Å². The Hall–Kier alpha value is -1.63. The molecule has 21 heavy (non-hydrogen) atoms. The molecule has 0 amide bonds. The molecule has 0 aromatic carbocycles. The van der Waals surface area contributed by atoms with Crippen LogP contribution < -0.4 is 4.74 Å². The minimum absolute atomic E-state index is 0.183. The molecule has 2 atom stereocenters. The summed E-state index contributed by atoms with van der Waals surface area (Å²) in [5.74, 6) is 1.01. The van der Waals surface area contributed by atoms with Crippen LogP contribution in [0.5, 0.6) is 5.88 Å². The Morgan fingerprint density at radius 1 is 1.14 bits per heavy atom. The first-order valence-corrected chi connectivity index (χ1v) is 8.20. The molecule has 1 aliphatic carbocycles. The summed E-state index contributed by atoms with van der Waals surface area (Å²) in [6.07, 6.45) is 7.64. The maximum atomic E-state index is 9.51. The van der Waals surface area contributed by atoms with Crippen LogP contribution in [0.25, 0.3) is 0 Å². The number of hydrogen-bond acceptors (Lipinski definition) is 4. The van der Waals surface area contributed by atoms with Crippen LogP contribution in [0, 0.1) is 17.2 Å². The molecule has 114 valence electrons. The average molecular weight is 287 g/mol. The predicted octanol–water partition coefficient (Wildman–Crippen LogP) is 3.82. The zero-order valence-corrected chi connectivity index (χ0v) is 13.4. The van der Waals surface area contributed by atoms with Gasteiger partial charge in [-0.25, -0.2) is 0 Å². The molecule has 4 heteroatoms. The van der Waals surface area contributed by atoms with Crippen molar-refractivity contribution < 1.29 is 4.74 Å². The van der Waals surface area contributed by atoms with Gasteiger partial charge in [-0.05, 0) is 50.0 Å². The molecular weight excluding hydrogens is 262 g/mol. The summed E-state index contributed by atoms with van der Waals surface area (Å²) in [6, 6.07) is 2.28. The Bertz CT molecular complexity index is 522. The first-order chi connectivity index (χ1) is 10.2. The summed E-state index contributed by atoms with van der Waals surface area (Å²) in [7, 11) is 0. The SMILES string of the molecule is CCc1nnc(OC2CCCCC2CC)c(C#N)c1CC. The molecule has 0 radical (unpaired) electrons. The Balaban J connectivity index is 2.29. The fourth-order valence-electron chi connectivity index (χ4n) is 3.29. The lowest BCUT2D eigenvalue weighted by molar-refractivity contribution is 0.0843. The predicted molar refractivity (Wildman–Crippen MR) is 82.2 cm³/mol. The molecule has 1 aliphatic rings. The number of aryl methyl sites for hydroxylation is 1. The van der Waals surface area contributed by atoms with Crippen molar-refractivity contribution >= 4 is 0 Å². The smallest absolute Gasteiger partial charge is 0.252 e. The van der Waals surface area contributed by atoms with E-state index in [4.69, 9.17) is 4.74 Å². The van der Waals surface area contributed by atoms with E-state index in [-0.39, 0.29) is 6.10 Å². The van der Waals surface area contributed by atoms with Crippen molar-refractivity contribution in [2.45, 2.75) is 71.8 Å². The molecule has 0 aliphatic heterocycles. The van der Waals surface area contributed by atoms with E-state index in [9.17, 15) is 5.26 Å². The van der Waals surface area contributed by atoms with Gasteiger partial charge in [0.15, 0.2) is 0 Å². The zero-order chi connectivity index (χ0) is 15.2. The summed E-state index contributed by atoms with van der Waals surface area (Å²) in [5.41, 5.74) is 2.50. The Labute approximate surface area is 127 Å². The van der Waals surface area contributed by atoms with Crippen LogP contribution >= 0.6 is 0 Å². The Morgan fingerprint density at radius 3 is 2.52 bits per heavy atom. The largest absolute Gasteiger partial charge is 0.472 e. The van der Waals surface area contributed by atoms with Gasteiger partial charge < -0.3 is 4.74 Å². The molecule has 1 aromatic heterocycles. The van der Waals surface area contributed by atoms with Gasteiger partial charge in [0.2, 0.25) is 0 Å². The quantitative estimate of drug-likeness (QED) is 0.826. The summed E-state index contributed by atoms with van der Waals surface area (Å²) in [6.45, 7) is 6.30. The number of rotatable bonds is 5. The molecule has 4 nitrogen and oxygen atoms in total. The van der Waals surface area contributed by atoms with Crippen LogP contribution in [0.3, 0.4) is 0 Å². The van der Waals surface area contributed by atoms with Crippen molar-refractivity contribution in [2.24, 2.45) is 5.92 Å². The van der Waals surface area contributed by atoms with E-state index in [1.54, 1.807) is 0 Å². The second-order valence-corrected chi connectivity index (χ2v) is 5.73. The first kappa shape index (κ1) is 15.8. The highest BCUT2D eigenvalue weighted by molar-refractivity contribution is 5.46. The van der Waals surface area contributed by atoms with Gasteiger partial charge in [-0.1, -0.05) is 27.2 Å². The molecule has 0 spiro atoms. The molecule has 1 heterocycles. The highest BCUT2D eigenvalue weighted by Gasteiger charge is 2.27. The first-order valence-electron chi connectivity index (χ1n) is 8.20. The number of ether oxygens (including phenoxy) is 1. The second kappa shape index (κ2) is 7.40. The van der Waals surface area contributed by atoms with Crippen LogP contribution in [0.15, 0.2) is 0 Å². The van der Waals surface area contributed by atoms with Crippen LogP contribution in [-0.4, -0.2) is 16.3 Å². The van der Waals surface area contributed by atoms with Crippen molar-refractivity contribution in [3.05, 3.63) is 16.8 Å². The summed E-state index contributed by atoms with van der Waals surface area (Å²) >= 11 is 0. The molecule has 1 aromatic rings. The third-order valence-corrected chi connectivity index (χ3v) is 4.55. The number of nitriles is 1. The maximum absolute atomic E-state index is 9.51. The normalized spacial score (nSPS) is 21.8. The number of hydrogen-bond donors (Lipinski definition) is 0. The van der Waals surface area contributed by atoms with Crippen LogP contribution in [-0.2, 0) is 12.8 Å². The fraction of sp³-hybridized carbons (Fsp3) is 0.706. The van der Waals surface area contributed by atoms with E-state index >= 15 is 0 Å². The zero-order valence-electron chi connectivity index (χ0n) is 13.4. The van der Waals surface area contributed by atoms with Crippen molar-refractivity contribution in [1.29, 1.82) is 5.26 Å². The lowest BCUT2D eigenvalue weighted by atomic mass is 9.85. The lowest BCUT2D eigenvalue weighted by Gasteiger charge is -2.31. The molecule has 2 unspecified atom stereocenters. The third-order valence-electron chi connectivity index (χ3n) is 4.55. The van der Waals surface area contributed by atoms with Gasteiger partial charge in [0.25, 0.3) is 5.88 Å². The maximum Gasteiger partial charge on any atom is 0.252 e. The van der Waals surface area contributed by atoms with Gasteiger partial charge in [0, 0.05) is 0 Å². The van der Waals surface area contributed by atoms with Gasteiger partial charge in [0.1, 0.15) is 17.7 Å². The topological polar surface area (TPSA) is 58.8 Å². The standard InChI is InChI=1S/C17H25N3O/c1-4-12-9-7-8-10-16(12)21-17-14(11-18)13(5-2)15(6-3)19-20-17/h12,16H,4-10H2,1-3H3. The van der Waals surface area contributed by atoms with E-state index in [1.807, 2.05) is 6.92 Å². The summed E-state index contributed by atoms with van der Waals surface area (Å²) in [4.78, 5) is 0. The third kappa shape index (κ3) is 3.34. The van der Waals surface area contributed by atoms with Crippen molar-refractivity contribution in [3.63, 3.8) is 0 Å². The van der Waals surface area contributed by atoms with E-state index in [0.717, 1.165) is 36.9 Å². The van der Waals surface area contributed by atoms with E-state index < -0.39 is 0 Å². The van der Waals surface area contributed by atoms with Gasteiger partial charge in [-0.3, -0.25) is 0 Å². The monoisotopic (exact) mass is 287 g/mol. The lowest BCUT2D eigenvalue weighted by Crippen LogP contribution is -2.30. The van der Waals surface area contributed by atoms with E-state index in [2.05, 4.69) is 30.1 Å². The molecule has 0 N–H and O–H groups in total. The van der Waals surface area contributed by atoms with Crippen LogP contribution in [0.2, 0.25) is 0 Å². The highest BCUT2D eigenvalue weighted by Crippen LogP contribution is 2.31. The van der Waals surface area contributed by atoms with Crippen LogP contribution in [0.4, 0.5) is 0 Å². The molecule has 0 bridgehead atoms. The summed E-state index contributed by atoms with van der Waals surface area (Å²) < 4.78 is 6.13. The summed E-state index contributed by atoms with van der Waals surface area (Å²) in [5, 5.41) is 18.0. The minimum Gasteiger partial charge on any atom is -0.472 e. The van der Waals surface area contributed by atoms with E-state index in [1.165, 1.54) is 19.3 Å². The van der Waals surface area contributed by atoms with Gasteiger partial charge in [0.05, 0.1) is 5.69 Å². The minimum atomic E-state index is 0.183.